The van der Waals surface area contributed by atoms with Crippen molar-refractivity contribution in [1.29, 1.82) is 0 Å². The Morgan fingerprint density at radius 3 is 2.43 bits per heavy atom. The van der Waals surface area contributed by atoms with Gasteiger partial charge in [0.25, 0.3) is 0 Å². The second-order valence-electron chi connectivity index (χ2n) is 3.20. The lowest BCUT2D eigenvalue weighted by atomic mass is 10.1. The molecule has 5 heteroatoms. The molecule has 1 aromatic carbocycles. The molecule has 1 rings (SSSR count). The Hall–Kier alpha value is -0.740. The summed E-state index contributed by atoms with van der Waals surface area (Å²) in [6.07, 6.45) is 0. The van der Waals surface area contributed by atoms with Gasteiger partial charge < -0.3 is 5.11 Å². The highest BCUT2D eigenvalue weighted by atomic mass is 35.7. The number of hydrogen-bond acceptors (Lipinski definition) is 3. The van der Waals surface area contributed by atoms with E-state index in [1.807, 2.05) is 0 Å². The molecular formula is C9H11ClO3S. The highest BCUT2D eigenvalue weighted by molar-refractivity contribution is 8.13. The van der Waals surface area contributed by atoms with E-state index in [-0.39, 0.29) is 11.5 Å². The molecule has 78 valence electrons. The normalized spacial score (nSPS) is 11.6. The molecule has 0 fully saturated rings. The molecule has 0 bridgehead atoms. The molecule has 0 amide bonds. The lowest BCUT2D eigenvalue weighted by Gasteiger charge is -2.07. The molecular weight excluding hydrogens is 224 g/mol. The first-order chi connectivity index (χ1) is 6.31. The van der Waals surface area contributed by atoms with Crippen LogP contribution in [0.15, 0.2) is 12.1 Å². The van der Waals surface area contributed by atoms with Gasteiger partial charge in [-0.25, -0.2) is 8.42 Å². The monoisotopic (exact) mass is 234 g/mol. The molecule has 0 spiro atoms. The third kappa shape index (κ3) is 2.62. The fourth-order valence-electron chi connectivity index (χ4n) is 1.22. The van der Waals surface area contributed by atoms with Crippen molar-refractivity contribution in [3.63, 3.8) is 0 Å². The van der Waals surface area contributed by atoms with Gasteiger partial charge in [0.2, 0.25) is 9.05 Å². The van der Waals surface area contributed by atoms with Gasteiger partial charge in [0.15, 0.2) is 0 Å². The first kappa shape index (κ1) is 11.3. The summed E-state index contributed by atoms with van der Waals surface area (Å²) < 4.78 is 21.7. The Morgan fingerprint density at radius 1 is 1.36 bits per heavy atom. The highest BCUT2D eigenvalue weighted by Crippen LogP contribution is 2.26. The van der Waals surface area contributed by atoms with Gasteiger partial charge in [-0.1, -0.05) is 12.1 Å². The van der Waals surface area contributed by atoms with Gasteiger partial charge in [-0.05, 0) is 30.5 Å². The summed E-state index contributed by atoms with van der Waals surface area (Å²) >= 11 is 0. The van der Waals surface area contributed by atoms with E-state index in [2.05, 4.69) is 0 Å². The minimum absolute atomic E-state index is 0.128. The van der Waals surface area contributed by atoms with Crippen molar-refractivity contribution in [2.24, 2.45) is 0 Å². The zero-order valence-corrected chi connectivity index (χ0v) is 9.48. The average Bonchev–Trinajstić information content (AvgIpc) is 2.04. The highest BCUT2D eigenvalue weighted by Gasteiger charge is 2.12. The van der Waals surface area contributed by atoms with Crippen LogP contribution in [0, 0.1) is 13.8 Å². The number of benzene rings is 1. The van der Waals surface area contributed by atoms with E-state index in [1.165, 1.54) is 0 Å². The summed E-state index contributed by atoms with van der Waals surface area (Å²) in [6, 6.07) is 3.32. The Bertz CT molecular complexity index is 451. The van der Waals surface area contributed by atoms with E-state index in [0.29, 0.717) is 11.1 Å². The zero-order chi connectivity index (χ0) is 10.9. The number of aryl methyl sites for hydroxylation is 1. The van der Waals surface area contributed by atoms with Crippen LogP contribution in [0.2, 0.25) is 0 Å². The van der Waals surface area contributed by atoms with Crippen LogP contribution in [-0.4, -0.2) is 13.5 Å². The first-order valence-electron chi connectivity index (χ1n) is 4.01. The fourth-order valence-corrected chi connectivity index (χ4v) is 2.26. The van der Waals surface area contributed by atoms with Crippen molar-refractivity contribution >= 4 is 19.7 Å². The SMILES string of the molecule is Cc1ccc(CS(=O)(=O)Cl)c(C)c1O. The molecule has 0 saturated carbocycles. The van der Waals surface area contributed by atoms with Crippen LogP contribution in [-0.2, 0) is 14.8 Å². The average molecular weight is 235 g/mol. The van der Waals surface area contributed by atoms with Crippen LogP contribution in [0.3, 0.4) is 0 Å². The van der Waals surface area contributed by atoms with E-state index in [9.17, 15) is 13.5 Å². The Kier molecular flexibility index (Phi) is 3.07. The molecule has 0 saturated heterocycles. The van der Waals surface area contributed by atoms with Crippen molar-refractivity contribution in [2.75, 3.05) is 0 Å². The summed E-state index contributed by atoms with van der Waals surface area (Å²) in [5.41, 5.74) is 1.82. The Balaban J connectivity index is 3.19. The lowest BCUT2D eigenvalue weighted by Crippen LogP contribution is -1.98. The quantitative estimate of drug-likeness (QED) is 0.798. The minimum Gasteiger partial charge on any atom is -0.507 e. The number of hydrogen-bond donors (Lipinski definition) is 1. The summed E-state index contributed by atoms with van der Waals surface area (Å²) in [7, 11) is 1.55. The zero-order valence-electron chi connectivity index (χ0n) is 7.91. The van der Waals surface area contributed by atoms with Gasteiger partial charge in [-0.15, -0.1) is 0 Å². The number of halogens is 1. The third-order valence-electron chi connectivity index (χ3n) is 2.07. The van der Waals surface area contributed by atoms with Crippen LogP contribution in [0.4, 0.5) is 0 Å². The maximum atomic E-state index is 10.8. The summed E-state index contributed by atoms with van der Waals surface area (Å²) in [5.74, 6) is -0.128. The predicted molar refractivity (Wildman–Crippen MR) is 56.1 cm³/mol. The molecule has 1 N–H and O–H groups in total. The standard InChI is InChI=1S/C9H11ClO3S/c1-6-3-4-8(5-14(10,12)13)7(2)9(6)11/h3-4,11H,5H2,1-2H3. The van der Waals surface area contributed by atoms with Gasteiger partial charge in [0.05, 0.1) is 5.75 Å². The van der Waals surface area contributed by atoms with Crippen molar-refractivity contribution < 1.29 is 13.5 Å². The summed E-state index contributed by atoms with van der Waals surface area (Å²) in [5, 5.41) is 9.55. The number of phenolic OH excluding ortho intramolecular Hbond substituents is 1. The molecule has 14 heavy (non-hydrogen) atoms. The van der Waals surface area contributed by atoms with Gasteiger partial charge in [0, 0.05) is 10.7 Å². The predicted octanol–water partition coefficient (Wildman–Crippen LogP) is 2.08. The molecule has 0 aliphatic carbocycles. The molecule has 0 radical (unpaired) electrons. The molecule has 0 aromatic heterocycles. The number of rotatable bonds is 2. The maximum Gasteiger partial charge on any atom is 0.236 e. The van der Waals surface area contributed by atoms with Crippen LogP contribution in [0.1, 0.15) is 16.7 Å². The molecule has 0 aliphatic rings. The second-order valence-corrected chi connectivity index (χ2v) is 5.98. The van der Waals surface area contributed by atoms with Crippen molar-refractivity contribution in [3.8, 4) is 5.75 Å². The van der Waals surface area contributed by atoms with E-state index in [4.69, 9.17) is 10.7 Å². The first-order valence-corrected chi connectivity index (χ1v) is 6.49. The molecule has 0 unspecified atom stereocenters. The summed E-state index contributed by atoms with van der Waals surface area (Å²) in [4.78, 5) is 0. The smallest absolute Gasteiger partial charge is 0.236 e. The topological polar surface area (TPSA) is 54.4 Å². The fraction of sp³-hybridized carbons (Fsp3) is 0.333. The van der Waals surface area contributed by atoms with Crippen LogP contribution >= 0.6 is 10.7 Å². The number of aromatic hydroxyl groups is 1. The van der Waals surface area contributed by atoms with E-state index in [0.717, 1.165) is 5.56 Å². The van der Waals surface area contributed by atoms with E-state index < -0.39 is 9.05 Å². The molecule has 0 atom stereocenters. The Morgan fingerprint density at radius 2 is 1.93 bits per heavy atom. The second kappa shape index (κ2) is 3.79. The van der Waals surface area contributed by atoms with Gasteiger partial charge in [-0.2, -0.15) is 0 Å². The van der Waals surface area contributed by atoms with Gasteiger partial charge >= 0.3 is 0 Å². The molecule has 3 nitrogen and oxygen atoms in total. The van der Waals surface area contributed by atoms with Crippen LogP contribution in [0.25, 0.3) is 0 Å². The summed E-state index contributed by atoms with van der Waals surface area (Å²) in [6.45, 7) is 3.42. The molecule has 0 aliphatic heterocycles. The van der Waals surface area contributed by atoms with Crippen molar-refractivity contribution in [3.05, 3.63) is 28.8 Å². The molecule has 0 heterocycles. The lowest BCUT2D eigenvalue weighted by molar-refractivity contribution is 0.466. The van der Waals surface area contributed by atoms with Crippen molar-refractivity contribution in [1.82, 2.24) is 0 Å². The molecule has 1 aromatic rings. The largest absolute Gasteiger partial charge is 0.507 e. The maximum absolute atomic E-state index is 10.8. The van der Waals surface area contributed by atoms with Gasteiger partial charge in [-0.3, -0.25) is 0 Å². The van der Waals surface area contributed by atoms with Gasteiger partial charge in [0.1, 0.15) is 5.75 Å². The number of phenols is 1. The Labute approximate surface area is 87.8 Å². The van der Waals surface area contributed by atoms with Crippen molar-refractivity contribution in [2.45, 2.75) is 19.6 Å². The van der Waals surface area contributed by atoms with E-state index in [1.54, 1.807) is 26.0 Å². The van der Waals surface area contributed by atoms with E-state index >= 15 is 0 Å². The van der Waals surface area contributed by atoms with Crippen LogP contribution < -0.4 is 0 Å². The third-order valence-corrected chi connectivity index (χ3v) is 3.06. The van der Waals surface area contributed by atoms with Crippen LogP contribution in [0.5, 0.6) is 5.75 Å². The minimum atomic E-state index is -3.57.